The fourth-order valence-corrected chi connectivity index (χ4v) is 2.30. The number of carbonyl (C=O) groups excluding carboxylic acids is 1. The van der Waals surface area contributed by atoms with Crippen LogP contribution in [-0.4, -0.2) is 50.1 Å². The standard InChI is InChI=1S/C14H20FN3O/c1-2-18(13-6-4-3-5-12(13)15)14(19)11-17-9-7-16-8-10-17/h3-6,16H,2,7-11H2,1H3. The first-order valence-corrected chi connectivity index (χ1v) is 6.70. The van der Waals surface area contributed by atoms with Gasteiger partial charge in [-0.05, 0) is 19.1 Å². The van der Waals surface area contributed by atoms with E-state index in [0.717, 1.165) is 26.2 Å². The van der Waals surface area contributed by atoms with Crippen LogP contribution < -0.4 is 10.2 Å². The van der Waals surface area contributed by atoms with Gasteiger partial charge in [0.2, 0.25) is 5.91 Å². The smallest absolute Gasteiger partial charge is 0.241 e. The molecule has 5 heteroatoms. The van der Waals surface area contributed by atoms with Crippen molar-refractivity contribution < 1.29 is 9.18 Å². The van der Waals surface area contributed by atoms with Gasteiger partial charge < -0.3 is 10.2 Å². The zero-order valence-corrected chi connectivity index (χ0v) is 11.2. The number of nitrogens with zero attached hydrogens (tertiary/aromatic N) is 2. The summed E-state index contributed by atoms with van der Waals surface area (Å²) in [6.07, 6.45) is 0. The second-order valence-corrected chi connectivity index (χ2v) is 4.62. The van der Waals surface area contributed by atoms with Crippen molar-refractivity contribution in [1.29, 1.82) is 0 Å². The molecule has 4 nitrogen and oxygen atoms in total. The minimum atomic E-state index is -0.349. The summed E-state index contributed by atoms with van der Waals surface area (Å²) in [5.74, 6) is -0.396. The van der Waals surface area contributed by atoms with Crippen LogP contribution in [0.5, 0.6) is 0 Å². The highest BCUT2D eigenvalue weighted by molar-refractivity contribution is 5.94. The van der Waals surface area contributed by atoms with Crippen LogP contribution in [0.1, 0.15) is 6.92 Å². The average Bonchev–Trinajstić information content (AvgIpc) is 2.43. The summed E-state index contributed by atoms with van der Waals surface area (Å²) in [5.41, 5.74) is 0.366. The molecule has 0 aliphatic carbocycles. The quantitative estimate of drug-likeness (QED) is 0.885. The third-order valence-electron chi connectivity index (χ3n) is 3.33. The molecule has 0 radical (unpaired) electrons. The van der Waals surface area contributed by atoms with Gasteiger partial charge in [0.15, 0.2) is 0 Å². The lowest BCUT2D eigenvalue weighted by Gasteiger charge is -2.29. The van der Waals surface area contributed by atoms with Gasteiger partial charge in [-0.1, -0.05) is 12.1 Å². The molecule has 1 heterocycles. The minimum absolute atomic E-state index is 0.0468. The van der Waals surface area contributed by atoms with Crippen LogP contribution in [0.2, 0.25) is 0 Å². The SMILES string of the molecule is CCN(C(=O)CN1CCNCC1)c1ccccc1F. The lowest BCUT2D eigenvalue weighted by Crippen LogP contribution is -2.48. The second kappa shape index (κ2) is 6.63. The molecule has 0 spiro atoms. The van der Waals surface area contributed by atoms with E-state index in [0.29, 0.717) is 18.8 Å². The first kappa shape index (κ1) is 14.0. The van der Waals surface area contributed by atoms with Gasteiger partial charge in [-0.25, -0.2) is 4.39 Å². The molecular weight excluding hydrogens is 245 g/mol. The Labute approximate surface area is 113 Å². The Bertz CT molecular complexity index is 432. The Morgan fingerprint density at radius 2 is 2.05 bits per heavy atom. The van der Waals surface area contributed by atoms with E-state index in [1.54, 1.807) is 18.2 Å². The zero-order chi connectivity index (χ0) is 13.7. The van der Waals surface area contributed by atoms with E-state index in [1.165, 1.54) is 11.0 Å². The number of benzene rings is 1. The number of nitrogens with one attached hydrogen (secondary N) is 1. The fraction of sp³-hybridized carbons (Fsp3) is 0.500. The number of hydrogen-bond acceptors (Lipinski definition) is 3. The first-order valence-electron chi connectivity index (χ1n) is 6.70. The topological polar surface area (TPSA) is 35.6 Å². The van der Waals surface area contributed by atoms with Crippen molar-refractivity contribution in [3.8, 4) is 0 Å². The number of anilines is 1. The van der Waals surface area contributed by atoms with E-state index >= 15 is 0 Å². The summed E-state index contributed by atoms with van der Waals surface area (Å²) in [6, 6.07) is 6.41. The van der Waals surface area contributed by atoms with Crippen molar-refractivity contribution in [2.75, 3.05) is 44.2 Å². The molecule has 19 heavy (non-hydrogen) atoms. The first-order chi connectivity index (χ1) is 9.22. The van der Waals surface area contributed by atoms with Crippen molar-refractivity contribution in [2.45, 2.75) is 6.92 Å². The van der Waals surface area contributed by atoms with Gasteiger partial charge in [0.05, 0.1) is 12.2 Å². The van der Waals surface area contributed by atoms with Crippen molar-refractivity contribution in [3.05, 3.63) is 30.1 Å². The highest BCUT2D eigenvalue weighted by Gasteiger charge is 2.20. The summed E-state index contributed by atoms with van der Waals surface area (Å²) < 4.78 is 13.7. The van der Waals surface area contributed by atoms with E-state index < -0.39 is 0 Å². The van der Waals surface area contributed by atoms with Crippen molar-refractivity contribution in [3.63, 3.8) is 0 Å². The largest absolute Gasteiger partial charge is 0.314 e. The minimum Gasteiger partial charge on any atom is -0.314 e. The molecule has 0 atom stereocenters. The van der Waals surface area contributed by atoms with E-state index in [2.05, 4.69) is 10.2 Å². The van der Waals surface area contributed by atoms with Crippen LogP contribution >= 0.6 is 0 Å². The molecule has 0 aromatic heterocycles. The Balaban J connectivity index is 2.04. The van der Waals surface area contributed by atoms with Gasteiger partial charge in [-0.15, -0.1) is 0 Å². The third-order valence-corrected chi connectivity index (χ3v) is 3.33. The molecule has 1 saturated heterocycles. The van der Waals surface area contributed by atoms with Crippen molar-refractivity contribution in [1.82, 2.24) is 10.2 Å². The van der Waals surface area contributed by atoms with Gasteiger partial charge in [0.1, 0.15) is 5.82 Å². The molecule has 2 rings (SSSR count). The molecule has 1 N–H and O–H groups in total. The lowest BCUT2D eigenvalue weighted by molar-refractivity contribution is -0.119. The monoisotopic (exact) mass is 265 g/mol. The Morgan fingerprint density at radius 3 is 2.68 bits per heavy atom. The molecule has 0 unspecified atom stereocenters. The maximum Gasteiger partial charge on any atom is 0.241 e. The number of piperazine rings is 1. The van der Waals surface area contributed by atoms with Crippen LogP contribution in [0.15, 0.2) is 24.3 Å². The van der Waals surface area contributed by atoms with Crippen molar-refractivity contribution >= 4 is 11.6 Å². The van der Waals surface area contributed by atoms with Gasteiger partial charge in [0, 0.05) is 32.7 Å². The fourth-order valence-electron chi connectivity index (χ4n) is 2.30. The number of amides is 1. The number of likely N-dealkylation sites (N-methyl/N-ethyl adjacent to an activating group) is 1. The highest BCUT2D eigenvalue weighted by Crippen LogP contribution is 2.18. The lowest BCUT2D eigenvalue weighted by atomic mass is 10.2. The molecule has 1 fully saturated rings. The Kier molecular flexibility index (Phi) is 4.87. The van der Waals surface area contributed by atoms with Crippen LogP contribution in [0.4, 0.5) is 10.1 Å². The molecule has 1 amide bonds. The van der Waals surface area contributed by atoms with E-state index in [1.807, 2.05) is 6.92 Å². The summed E-state index contributed by atoms with van der Waals surface area (Å²) in [5, 5.41) is 3.25. The third kappa shape index (κ3) is 3.52. The maximum atomic E-state index is 13.7. The number of hydrogen-bond donors (Lipinski definition) is 1. The number of rotatable bonds is 4. The molecule has 1 aliphatic rings. The zero-order valence-electron chi connectivity index (χ0n) is 11.2. The molecule has 0 bridgehead atoms. The Hall–Kier alpha value is -1.46. The summed E-state index contributed by atoms with van der Waals surface area (Å²) >= 11 is 0. The van der Waals surface area contributed by atoms with Crippen LogP contribution in [0.25, 0.3) is 0 Å². The van der Waals surface area contributed by atoms with Crippen LogP contribution in [-0.2, 0) is 4.79 Å². The van der Waals surface area contributed by atoms with E-state index in [9.17, 15) is 9.18 Å². The van der Waals surface area contributed by atoms with Gasteiger partial charge in [-0.3, -0.25) is 9.69 Å². The number of carbonyl (C=O) groups is 1. The average molecular weight is 265 g/mol. The van der Waals surface area contributed by atoms with Crippen LogP contribution in [0.3, 0.4) is 0 Å². The molecule has 1 aromatic rings. The number of para-hydroxylation sites is 1. The summed E-state index contributed by atoms with van der Waals surface area (Å²) in [7, 11) is 0. The van der Waals surface area contributed by atoms with Crippen LogP contribution in [0, 0.1) is 5.82 Å². The molecule has 1 aromatic carbocycles. The predicted octanol–water partition coefficient (Wildman–Crippen LogP) is 1.08. The molecular formula is C14H20FN3O. The second-order valence-electron chi connectivity index (χ2n) is 4.62. The highest BCUT2D eigenvalue weighted by atomic mass is 19.1. The maximum absolute atomic E-state index is 13.7. The van der Waals surface area contributed by atoms with Gasteiger partial charge in [-0.2, -0.15) is 0 Å². The molecule has 1 aliphatic heterocycles. The molecule has 0 saturated carbocycles. The van der Waals surface area contributed by atoms with Crippen molar-refractivity contribution in [2.24, 2.45) is 0 Å². The van der Waals surface area contributed by atoms with E-state index in [-0.39, 0.29) is 11.7 Å². The Morgan fingerprint density at radius 1 is 1.37 bits per heavy atom. The normalized spacial score (nSPS) is 16.3. The van der Waals surface area contributed by atoms with Gasteiger partial charge in [0.25, 0.3) is 0 Å². The van der Waals surface area contributed by atoms with Gasteiger partial charge >= 0.3 is 0 Å². The summed E-state index contributed by atoms with van der Waals surface area (Å²) in [4.78, 5) is 15.9. The predicted molar refractivity (Wildman–Crippen MR) is 73.7 cm³/mol. The summed E-state index contributed by atoms with van der Waals surface area (Å²) in [6.45, 7) is 6.22. The van der Waals surface area contributed by atoms with E-state index in [4.69, 9.17) is 0 Å². The molecule has 104 valence electrons. The number of halogens is 1.